The molecule has 0 spiro atoms. The van der Waals surface area contributed by atoms with Crippen LogP contribution in [0.1, 0.15) is 21.5 Å². The van der Waals surface area contributed by atoms with Crippen molar-refractivity contribution in [2.45, 2.75) is 0 Å². The maximum absolute atomic E-state index is 13.3. The Morgan fingerprint density at radius 2 is 1.63 bits per heavy atom. The predicted octanol–water partition coefficient (Wildman–Crippen LogP) is 6.16. The second-order valence-electron chi connectivity index (χ2n) is 6.66. The van der Waals surface area contributed by atoms with E-state index in [1.165, 1.54) is 17.0 Å². The summed E-state index contributed by atoms with van der Waals surface area (Å²) in [5.41, 5.74) is 3.11. The monoisotopic (exact) mass is 435 g/mol. The normalized spacial score (nSPS) is 14.9. The Balaban J connectivity index is 1.85. The first-order valence-corrected chi connectivity index (χ1v) is 9.81. The molecule has 3 aromatic carbocycles. The number of anilines is 1. The fraction of sp³-hybridized carbons (Fsp3) is 0. The van der Waals surface area contributed by atoms with Gasteiger partial charge in [-0.2, -0.15) is 0 Å². The first-order chi connectivity index (χ1) is 14.4. The van der Waals surface area contributed by atoms with Crippen LogP contribution < -0.4 is 4.90 Å². The van der Waals surface area contributed by atoms with E-state index in [4.69, 9.17) is 23.2 Å². The van der Waals surface area contributed by atoms with E-state index in [-0.39, 0.29) is 16.5 Å². The SMILES string of the molecule is O=C(O)c1cc(N2C(=O)/C(=C\c3ccccc3)C=C2c2ccc(Cl)cc2)ccc1Cl. The second-order valence-corrected chi connectivity index (χ2v) is 7.50. The summed E-state index contributed by atoms with van der Waals surface area (Å²) in [6.07, 6.45) is 3.58. The van der Waals surface area contributed by atoms with Gasteiger partial charge in [0.15, 0.2) is 0 Å². The van der Waals surface area contributed by atoms with Crippen molar-refractivity contribution in [1.29, 1.82) is 0 Å². The molecule has 0 radical (unpaired) electrons. The second kappa shape index (κ2) is 8.19. The lowest BCUT2D eigenvalue weighted by atomic mass is 10.1. The quantitative estimate of drug-likeness (QED) is 0.498. The number of hydrogen-bond acceptors (Lipinski definition) is 2. The van der Waals surface area contributed by atoms with Crippen LogP contribution in [0.2, 0.25) is 10.0 Å². The highest BCUT2D eigenvalue weighted by atomic mass is 35.5. The number of carboxylic acids is 1. The Morgan fingerprint density at radius 1 is 0.933 bits per heavy atom. The summed E-state index contributed by atoms with van der Waals surface area (Å²) in [7, 11) is 0. The molecule has 0 atom stereocenters. The smallest absolute Gasteiger partial charge is 0.337 e. The first-order valence-electron chi connectivity index (χ1n) is 9.06. The van der Waals surface area contributed by atoms with Gasteiger partial charge in [0.2, 0.25) is 0 Å². The highest BCUT2D eigenvalue weighted by Gasteiger charge is 2.31. The maximum Gasteiger partial charge on any atom is 0.337 e. The van der Waals surface area contributed by atoms with Crippen LogP contribution in [0.25, 0.3) is 11.8 Å². The Hall–Kier alpha value is -3.34. The number of rotatable bonds is 4. The van der Waals surface area contributed by atoms with Gasteiger partial charge in [0.1, 0.15) is 0 Å². The van der Waals surface area contributed by atoms with E-state index in [9.17, 15) is 14.7 Å². The van der Waals surface area contributed by atoms with Crippen molar-refractivity contribution in [2.24, 2.45) is 0 Å². The third-order valence-corrected chi connectivity index (χ3v) is 5.27. The summed E-state index contributed by atoms with van der Waals surface area (Å²) in [4.78, 5) is 26.3. The zero-order valence-electron chi connectivity index (χ0n) is 15.5. The number of aromatic carboxylic acids is 1. The number of amides is 1. The minimum Gasteiger partial charge on any atom is -0.478 e. The molecule has 4 nitrogen and oxygen atoms in total. The number of carbonyl (C=O) groups excluding carboxylic acids is 1. The van der Waals surface area contributed by atoms with Crippen LogP contribution in [0.15, 0.2) is 84.4 Å². The van der Waals surface area contributed by atoms with Crippen molar-refractivity contribution in [2.75, 3.05) is 4.90 Å². The average molecular weight is 436 g/mol. The Morgan fingerprint density at radius 3 is 2.30 bits per heavy atom. The lowest BCUT2D eigenvalue weighted by molar-refractivity contribution is -0.113. The first kappa shape index (κ1) is 20.0. The lowest BCUT2D eigenvalue weighted by Crippen LogP contribution is -2.25. The summed E-state index contributed by atoms with van der Waals surface area (Å²) in [6.45, 7) is 0. The van der Waals surface area contributed by atoms with Crippen LogP contribution in [-0.2, 0) is 4.79 Å². The highest BCUT2D eigenvalue weighted by molar-refractivity contribution is 6.34. The molecule has 0 bridgehead atoms. The molecule has 6 heteroatoms. The van der Waals surface area contributed by atoms with Gasteiger partial charge in [-0.3, -0.25) is 9.69 Å². The van der Waals surface area contributed by atoms with Crippen LogP contribution in [0, 0.1) is 0 Å². The van der Waals surface area contributed by atoms with Crippen LogP contribution in [0.4, 0.5) is 5.69 Å². The number of hydrogen-bond donors (Lipinski definition) is 1. The largest absolute Gasteiger partial charge is 0.478 e. The van der Waals surface area contributed by atoms with Crippen LogP contribution in [0.5, 0.6) is 0 Å². The molecule has 0 fully saturated rings. The summed E-state index contributed by atoms with van der Waals surface area (Å²) < 4.78 is 0. The van der Waals surface area contributed by atoms with Gasteiger partial charge in [0, 0.05) is 10.6 Å². The van der Waals surface area contributed by atoms with Crippen LogP contribution >= 0.6 is 23.2 Å². The van der Waals surface area contributed by atoms with Gasteiger partial charge in [-0.05, 0) is 53.6 Å². The summed E-state index contributed by atoms with van der Waals surface area (Å²) >= 11 is 12.0. The van der Waals surface area contributed by atoms with Crippen LogP contribution in [-0.4, -0.2) is 17.0 Å². The predicted molar refractivity (Wildman–Crippen MR) is 120 cm³/mol. The highest BCUT2D eigenvalue weighted by Crippen LogP contribution is 2.37. The molecule has 1 amide bonds. The molecule has 0 aromatic heterocycles. The maximum atomic E-state index is 13.3. The van der Waals surface area contributed by atoms with Gasteiger partial charge >= 0.3 is 5.97 Å². The van der Waals surface area contributed by atoms with E-state index >= 15 is 0 Å². The van der Waals surface area contributed by atoms with E-state index in [0.717, 1.165) is 11.1 Å². The van der Waals surface area contributed by atoms with E-state index in [0.29, 0.717) is 22.0 Å². The molecule has 148 valence electrons. The molecule has 0 saturated carbocycles. The lowest BCUT2D eigenvalue weighted by Gasteiger charge is -2.21. The van der Waals surface area contributed by atoms with Crippen molar-refractivity contribution < 1.29 is 14.7 Å². The van der Waals surface area contributed by atoms with Crippen molar-refractivity contribution >= 4 is 52.5 Å². The molecule has 1 aliphatic rings. The van der Waals surface area contributed by atoms with Crippen molar-refractivity contribution in [3.05, 3.63) is 111 Å². The molecular formula is C24H15Cl2NO3. The van der Waals surface area contributed by atoms with E-state index < -0.39 is 5.97 Å². The van der Waals surface area contributed by atoms with Gasteiger partial charge in [-0.15, -0.1) is 0 Å². The molecule has 3 aromatic rings. The molecule has 30 heavy (non-hydrogen) atoms. The van der Waals surface area contributed by atoms with E-state index in [1.54, 1.807) is 30.4 Å². The van der Waals surface area contributed by atoms with Gasteiger partial charge in [0.25, 0.3) is 5.91 Å². The molecule has 0 saturated heterocycles. The van der Waals surface area contributed by atoms with Crippen molar-refractivity contribution in [3.63, 3.8) is 0 Å². The van der Waals surface area contributed by atoms with E-state index in [1.807, 2.05) is 42.5 Å². The molecule has 1 N–H and O–H groups in total. The van der Waals surface area contributed by atoms with Gasteiger partial charge in [0.05, 0.1) is 22.0 Å². The Labute approximate surface area is 183 Å². The minimum atomic E-state index is -1.16. The zero-order valence-corrected chi connectivity index (χ0v) is 17.1. The fourth-order valence-corrected chi connectivity index (χ4v) is 3.57. The van der Waals surface area contributed by atoms with Crippen LogP contribution in [0.3, 0.4) is 0 Å². The number of benzene rings is 3. The summed E-state index contributed by atoms with van der Waals surface area (Å²) in [5, 5.41) is 10.1. The van der Waals surface area contributed by atoms with Gasteiger partial charge < -0.3 is 5.11 Å². The Bertz CT molecular complexity index is 1200. The minimum absolute atomic E-state index is 0.0714. The van der Waals surface area contributed by atoms with Crippen molar-refractivity contribution in [1.82, 2.24) is 0 Å². The summed E-state index contributed by atoms with van der Waals surface area (Å²) in [6, 6.07) is 21.1. The number of nitrogens with zero attached hydrogens (tertiary/aromatic N) is 1. The van der Waals surface area contributed by atoms with Gasteiger partial charge in [-0.1, -0.05) is 65.7 Å². The molecule has 1 heterocycles. The number of carbonyl (C=O) groups is 2. The third kappa shape index (κ3) is 3.88. The third-order valence-electron chi connectivity index (χ3n) is 4.68. The number of halogens is 2. The molecular weight excluding hydrogens is 421 g/mol. The van der Waals surface area contributed by atoms with E-state index in [2.05, 4.69) is 0 Å². The molecule has 4 rings (SSSR count). The average Bonchev–Trinajstić information content (AvgIpc) is 3.05. The molecule has 0 aliphatic carbocycles. The van der Waals surface area contributed by atoms with Gasteiger partial charge in [-0.25, -0.2) is 4.79 Å². The van der Waals surface area contributed by atoms with Crippen molar-refractivity contribution in [3.8, 4) is 0 Å². The standard InChI is InChI=1S/C24H15Cl2NO3/c25-18-8-6-16(7-9-18)22-13-17(12-15-4-2-1-3-5-15)23(28)27(22)19-10-11-21(26)20(14-19)24(29)30/h1-14H,(H,29,30)/b17-12-. The Kier molecular flexibility index (Phi) is 5.44. The number of carboxylic acid groups (broad SMARTS) is 1. The summed E-state index contributed by atoms with van der Waals surface area (Å²) in [5.74, 6) is -1.42. The molecule has 0 unspecified atom stereocenters. The fourth-order valence-electron chi connectivity index (χ4n) is 3.25. The zero-order chi connectivity index (χ0) is 21.3. The topological polar surface area (TPSA) is 57.6 Å². The molecule has 1 aliphatic heterocycles.